The molecule has 1 aromatic carbocycles. The van der Waals surface area contributed by atoms with E-state index in [1.807, 2.05) is 6.07 Å². The second-order valence-electron chi connectivity index (χ2n) is 4.48. The standard InChI is InChI=1S/C13H11N3O5S/c1-6(7-2-3-8-9(4-7)21-5-20-8)15-16-13-14-11(17)10(22-13)12(18)19/h2-4,10H,5H2,1H3,(H,18,19)(H,14,16,17)/b15-6+/t10-/m1/s1. The lowest BCUT2D eigenvalue weighted by atomic mass is 10.1. The molecule has 0 radical (unpaired) electrons. The molecule has 1 amide bonds. The van der Waals surface area contributed by atoms with Crippen LogP contribution in [0.15, 0.2) is 28.4 Å². The molecule has 0 spiro atoms. The monoisotopic (exact) mass is 321 g/mol. The largest absolute Gasteiger partial charge is 0.480 e. The van der Waals surface area contributed by atoms with Crippen LogP contribution in [-0.4, -0.2) is 39.9 Å². The average molecular weight is 321 g/mol. The molecule has 0 unspecified atom stereocenters. The first kappa shape index (κ1) is 14.4. The first-order valence-corrected chi connectivity index (χ1v) is 7.15. The van der Waals surface area contributed by atoms with Crippen molar-refractivity contribution in [2.24, 2.45) is 10.2 Å². The maximum atomic E-state index is 11.4. The minimum absolute atomic E-state index is 0.164. The van der Waals surface area contributed by atoms with Gasteiger partial charge in [0.05, 0.1) is 5.71 Å². The number of nitrogens with one attached hydrogen (secondary N) is 1. The Morgan fingerprint density at radius 3 is 2.91 bits per heavy atom. The van der Waals surface area contributed by atoms with Gasteiger partial charge in [-0.2, -0.15) is 5.10 Å². The zero-order valence-electron chi connectivity index (χ0n) is 11.4. The van der Waals surface area contributed by atoms with E-state index < -0.39 is 17.1 Å². The van der Waals surface area contributed by atoms with Gasteiger partial charge in [0.15, 0.2) is 21.9 Å². The van der Waals surface area contributed by atoms with Crippen LogP contribution < -0.4 is 14.8 Å². The Bertz CT molecular complexity index is 716. The number of carboxylic acids is 1. The van der Waals surface area contributed by atoms with Crippen LogP contribution in [0.25, 0.3) is 0 Å². The third kappa shape index (κ3) is 2.75. The SMILES string of the molecule is C/C(=N\N=C1\NC(=O)[C@H](C(=O)O)S1)c1ccc2c(c1)OCO2. The van der Waals surface area contributed by atoms with Gasteiger partial charge < -0.3 is 19.9 Å². The van der Waals surface area contributed by atoms with E-state index in [1.54, 1.807) is 19.1 Å². The molecule has 1 saturated heterocycles. The summed E-state index contributed by atoms with van der Waals surface area (Å²) in [7, 11) is 0. The van der Waals surface area contributed by atoms with Gasteiger partial charge in [-0.15, -0.1) is 5.10 Å². The normalized spacial score (nSPS) is 22.0. The van der Waals surface area contributed by atoms with Gasteiger partial charge >= 0.3 is 5.97 Å². The van der Waals surface area contributed by atoms with Crippen molar-refractivity contribution in [3.8, 4) is 11.5 Å². The molecular weight excluding hydrogens is 310 g/mol. The number of carbonyl (C=O) groups is 2. The van der Waals surface area contributed by atoms with Crippen LogP contribution in [0.5, 0.6) is 11.5 Å². The molecule has 0 saturated carbocycles. The first-order chi connectivity index (χ1) is 10.5. The van der Waals surface area contributed by atoms with Crippen LogP contribution in [0.2, 0.25) is 0 Å². The third-order valence-corrected chi connectivity index (χ3v) is 4.06. The predicted molar refractivity (Wildman–Crippen MR) is 79.4 cm³/mol. The number of hydrogen-bond donors (Lipinski definition) is 2. The molecule has 2 aliphatic heterocycles. The number of amides is 1. The molecule has 2 aliphatic rings. The number of fused-ring (bicyclic) bond motifs is 1. The van der Waals surface area contributed by atoms with Gasteiger partial charge in [-0.05, 0) is 25.1 Å². The van der Waals surface area contributed by atoms with Crippen LogP contribution in [-0.2, 0) is 9.59 Å². The second kappa shape index (κ2) is 5.68. The van der Waals surface area contributed by atoms with Crippen LogP contribution in [0.1, 0.15) is 12.5 Å². The van der Waals surface area contributed by atoms with Gasteiger partial charge in [-0.3, -0.25) is 9.59 Å². The lowest BCUT2D eigenvalue weighted by molar-refractivity contribution is -0.139. The highest BCUT2D eigenvalue weighted by Crippen LogP contribution is 2.32. The van der Waals surface area contributed by atoms with Crippen molar-refractivity contribution in [1.29, 1.82) is 0 Å². The van der Waals surface area contributed by atoms with E-state index in [0.717, 1.165) is 17.3 Å². The smallest absolute Gasteiger partial charge is 0.326 e. The van der Waals surface area contributed by atoms with Crippen molar-refractivity contribution in [3.63, 3.8) is 0 Å². The Hall–Kier alpha value is -2.55. The van der Waals surface area contributed by atoms with E-state index in [9.17, 15) is 9.59 Å². The minimum Gasteiger partial charge on any atom is -0.480 e. The number of carbonyl (C=O) groups excluding carboxylic acids is 1. The van der Waals surface area contributed by atoms with Crippen LogP contribution in [0.3, 0.4) is 0 Å². The van der Waals surface area contributed by atoms with Crippen molar-refractivity contribution < 1.29 is 24.2 Å². The molecule has 0 bridgehead atoms. The summed E-state index contributed by atoms with van der Waals surface area (Å²) in [6.45, 7) is 1.94. The Kier molecular flexibility index (Phi) is 3.72. The van der Waals surface area contributed by atoms with Gasteiger partial charge in [0, 0.05) is 5.56 Å². The maximum Gasteiger partial charge on any atom is 0.326 e. The fraction of sp³-hybridized carbons (Fsp3) is 0.231. The summed E-state index contributed by atoms with van der Waals surface area (Å²) in [5, 5.41) is 18.1. The fourth-order valence-corrected chi connectivity index (χ4v) is 2.61. The number of ether oxygens (including phenoxy) is 2. The lowest BCUT2D eigenvalue weighted by Crippen LogP contribution is -2.29. The van der Waals surface area contributed by atoms with E-state index in [-0.39, 0.29) is 12.0 Å². The highest BCUT2D eigenvalue weighted by atomic mass is 32.2. The molecule has 0 aromatic heterocycles. The zero-order valence-corrected chi connectivity index (χ0v) is 12.2. The van der Waals surface area contributed by atoms with Crippen LogP contribution in [0, 0.1) is 0 Å². The minimum atomic E-state index is -1.20. The Morgan fingerprint density at radius 1 is 1.41 bits per heavy atom. The predicted octanol–water partition coefficient (Wildman–Crippen LogP) is 0.811. The molecule has 0 aliphatic carbocycles. The summed E-state index contributed by atoms with van der Waals surface area (Å²) in [4.78, 5) is 22.2. The lowest BCUT2D eigenvalue weighted by Gasteiger charge is -2.01. The number of benzene rings is 1. The van der Waals surface area contributed by atoms with Crippen LogP contribution in [0.4, 0.5) is 0 Å². The summed E-state index contributed by atoms with van der Waals surface area (Å²) in [6, 6.07) is 5.37. The Labute approximate surface area is 129 Å². The second-order valence-corrected chi connectivity index (χ2v) is 5.58. The van der Waals surface area contributed by atoms with E-state index in [0.29, 0.717) is 17.2 Å². The van der Waals surface area contributed by atoms with Crippen LogP contribution >= 0.6 is 11.8 Å². The topological polar surface area (TPSA) is 110 Å². The van der Waals surface area contributed by atoms with E-state index in [2.05, 4.69) is 15.5 Å². The number of hydrogen-bond acceptors (Lipinski definition) is 7. The van der Waals surface area contributed by atoms with Gasteiger partial charge in [0.25, 0.3) is 5.91 Å². The molecule has 114 valence electrons. The van der Waals surface area contributed by atoms with Gasteiger partial charge in [0.1, 0.15) is 0 Å². The van der Waals surface area contributed by atoms with Gasteiger partial charge in [0.2, 0.25) is 6.79 Å². The molecule has 9 heteroatoms. The number of aliphatic carboxylic acids is 1. The zero-order chi connectivity index (χ0) is 15.7. The number of thioether (sulfide) groups is 1. The quantitative estimate of drug-likeness (QED) is 0.484. The number of rotatable bonds is 3. The molecule has 1 aromatic rings. The molecule has 3 rings (SSSR count). The summed E-state index contributed by atoms with van der Waals surface area (Å²) in [5.41, 5.74) is 1.39. The highest BCUT2D eigenvalue weighted by Gasteiger charge is 2.36. The highest BCUT2D eigenvalue weighted by molar-refractivity contribution is 8.16. The molecule has 2 heterocycles. The summed E-state index contributed by atoms with van der Waals surface area (Å²) >= 11 is 0.822. The molecule has 1 atom stereocenters. The first-order valence-electron chi connectivity index (χ1n) is 6.27. The van der Waals surface area contributed by atoms with E-state index in [1.165, 1.54) is 0 Å². The van der Waals surface area contributed by atoms with Crippen molar-refractivity contribution in [2.75, 3.05) is 6.79 Å². The van der Waals surface area contributed by atoms with Gasteiger partial charge in [-0.1, -0.05) is 11.8 Å². The Morgan fingerprint density at radius 2 is 2.18 bits per heavy atom. The van der Waals surface area contributed by atoms with Crippen molar-refractivity contribution in [1.82, 2.24) is 5.32 Å². The van der Waals surface area contributed by atoms with E-state index in [4.69, 9.17) is 14.6 Å². The Balaban J connectivity index is 1.77. The van der Waals surface area contributed by atoms with Crippen molar-refractivity contribution in [2.45, 2.75) is 12.2 Å². The number of nitrogens with zero attached hydrogens (tertiary/aromatic N) is 2. The van der Waals surface area contributed by atoms with Gasteiger partial charge in [-0.25, -0.2) is 0 Å². The fourth-order valence-electron chi connectivity index (χ4n) is 1.88. The molecule has 2 N–H and O–H groups in total. The van der Waals surface area contributed by atoms with Crippen molar-refractivity contribution >= 4 is 34.5 Å². The van der Waals surface area contributed by atoms with E-state index >= 15 is 0 Å². The molecule has 22 heavy (non-hydrogen) atoms. The third-order valence-electron chi connectivity index (χ3n) is 3.00. The summed E-state index contributed by atoms with van der Waals surface area (Å²) in [6.07, 6.45) is 0. The number of amidine groups is 1. The molecular formula is C13H11N3O5S. The maximum absolute atomic E-state index is 11.4. The summed E-state index contributed by atoms with van der Waals surface area (Å²) < 4.78 is 10.5. The molecule has 1 fully saturated rings. The average Bonchev–Trinajstić information content (AvgIpc) is 3.09. The molecule has 8 nitrogen and oxygen atoms in total. The number of carboxylic acid groups (broad SMARTS) is 1. The summed E-state index contributed by atoms with van der Waals surface area (Å²) in [5.74, 6) is -0.503. The van der Waals surface area contributed by atoms with Crippen molar-refractivity contribution in [3.05, 3.63) is 23.8 Å².